The van der Waals surface area contributed by atoms with Gasteiger partial charge >= 0.3 is 0 Å². The van der Waals surface area contributed by atoms with E-state index in [9.17, 15) is 4.79 Å². The van der Waals surface area contributed by atoms with Crippen molar-refractivity contribution in [1.82, 2.24) is 4.90 Å². The lowest BCUT2D eigenvalue weighted by molar-refractivity contribution is 0.0796. The molecule has 1 aliphatic heterocycles. The zero-order chi connectivity index (χ0) is 17.4. The maximum absolute atomic E-state index is 12.9. The number of hydrogen-bond donors (Lipinski definition) is 0. The molecular formula is C20H18ClNO2S. The number of benzene rings is 2. The van der Waals surface area contributed by atoms with Gasteiger partial charge in [-0.1, -0.05) is 41.9 Å². The number of thiophene rings is 1. The fraction of sp³-hybridized carbons (Fsp3) is 0.250. The molecule has 0 spiro atoms. The van der Waals surface area contributed by atoms with Crippen molar-refractivity contribution in [3.63, 3.8) is 0 Å². The summed E-state index contributed by atoms with van der Waals surface area (Å²) in [4.78, 5) is 15.5. The zero-order valence-corrected chi connectivity index (χ0v) is 15.4. The second-order valence-corrected chi connectivity index (χ2v) is 7.68. The van der Waals surface area contributed by atoms with Crippen molar-refractivity contribution in [2.45, 2.75) is 12.3 Å². The molecule has 25 heavy (non-hydrogen) atoms. The Labute approximate surface area is 155 Å². The molecule has 5 heteroatoms. The van der Waals surface area contributed by atoms with Crippen LogP contribution >= 0.6 is 22.9 Å². The molecule has 0 N–H and O–H groups in total. The van der Waals surface area contributed by atoms with Gasteiger partial charge in [0.1, 0.15) is 10.6 Å². The van der Waals surface area contributed by atoms with Crippen molar-refractivity contribution in [2.24, 2.45) is 0 Å². The first kappa shape index (κ1) is 16.4. The maximum atomic E-state index is 12.9. The van der Waals surface area contributed by atoms with Gasteiger partial charge < -0.3 is 9.64 Å². The van der Waals surface area contributed by atoms with Gasteiger partial charge in [0, 0.05) is 29.1 Å². The van der Waals surface area contributed by atoms with Gasteiger partial charge in [-0.25, -0.2) is 0 Å². The number of amides is 1. The highest BCUT2D eigenvalue weighted by Gasteiger charge is 2.30. The van der Waals surface area contributed by atoms with Crippen LogP contribution in [-0.4, -0.2) is 31.0 Å². The number of nitrogens with zero attached hydrogens (tertiary/aromatic N) is 1. The number of carbonyl (C=O) groups is 1. The summed E-state index contributed by atoms with van der Waals surface area (Å²) in [6, 6.07) is 16.0. The zero-order valence-electron chi connectivity index (χ0n) is 13.9. The summed E-state index contributed by atoms with van der Waals surface area (Å²) in [6.45, 7) is 1.50. The molecule has 1 saturated heterocycles. The van der Waals surface area contributed by atoms with E-state index in [-0.39, 0.29) is 5.91 Å². The van der Waals surface area contributed by atoms with Crippen molar-refractivity contribution in [3.8, 4) is 5.75 Å². The van der Waals surface area contributed by atoms with Crippen LogP contribution < -0.4 is 4.74 Å². The van der Waals surface area contributed by atoms with E-state index in [1.807, 2.05) is 41.3 Å². The van der Waals surface area contributed by atoms with Crippen molar-refractivity contribution >= 4 is 38.9 Å². The molecule has 1 unspecified atom stereocenters. The molecule has 3 nitrogen and oxygen atoms in total. The first-order chi connectivity index (χ1) is 12.2. The molecule has 2 heterocycles. The molecule has 0 aliphatic carbocycles. The van der Waals surface area contributed by atoms with Crippen molar-refractivity contribution < 1.29 is 9.53 Å². The lowest BCUT2D eigenvalue weighted by Crippen LogP contribution is -2.27. The van der Waals surface area contributed by atoms with E-state index in [1.165, 1.54) is 16.9 Å². The molecule has 128 valence electrons. The van der Waals surface area contributed by atoms with Gasteiger partial charge in [-0.05, 0) is 30.2 Å². The normalized spacial score (nSPS) is 17.2. The van der Waals surface area contributed by atoms with Crippen LogP contribution in [0.4, 0.5) is 0 Å². The van der Waals surface area contributed by atoms with E-state index in [2.05, 4.69) is 12.1 Å². The number of ether oxygens (including phenoxy) is 1. The first-order valence-electron chi connectivity index (χ1n) is 8.27. The van der Waals surface area contributed by atoms with E-state index in [0.717, 1.165) is 35.3 Å². The minimum absolute atomic E-state index is 0.0437. The molecule has 0 saturated carbocycles. The third kappa shape index (κ3) is 3.00. The summed E-state index contributed by atoms with van der Waals surface area (Å²) in [6.07, 6.45) is 0.973. The van der Waals surface area contributed by atoms with Gasteiger partial charge in [-0.2, -0.15) is 0 Å². The van der Waals surface area contributed by atoms with Gasteiger partial charge in [0.05, 0.1) is 12.1 Å². The third-order valence-electron chi connectivity index (χ3n) is 4.79. The minimum Gasteiger partial charge on any atom is -0.497 e. The first-order valence-corrected chi connectivity index (χ1v) is 9.47. The minimum atomic E-state index is 0.0437. The molecule has 1 atom stereocenters. The lowest BCUT2D eigenvalue weighted by Gasteiger charge is -2.16. The molecule has 1 aromatic heterocycles. The average Bonchev–Trinajstić information content (AvgIpc) is 3.27. The Kier molecular flexibility index (Phi) is 4.40. The number of rotatable bonds is 3. The summed E-state index contributed by atoms with van der Waals surface area (Å²) in [5.41, 5.74) is 1.25. The molecule has 1 amide bonds. The predicted molar refractivity (Wildman–Crippen MR) is 103 cm³/mol. The van der Waals surface area contributed by atoms with Crippen LogP contribution in [-0.2, 0) is 0 Å². The van der Waals surface area contributed by atoms with Crippen molar-refractivity contribution in [2.75, 3.05) is 20.2 Å². The Bertz CT molecular complexity index is 919. The number of fused-ring (bicyclic) bond motifs is 1. The van der Waals surface area contributed by atoms with Crippen LogP contribution in [0.3, 0.4) is 0 Å². The van der Waals surface area contributed by atoms with Crippen LogP contribution in [0.15, 0.2) is 48.5 Å². The highest BCUT2D eigenvalue weighted by molar-refractivity contribution is 7.21. The van der Waals surface area contributed by atoms with Crippen molar-refractivity contribution in [1.29, 1.82) is 0 Å². The molecule has 3 aromatic rings. The summed E-state index contributed by atoms with van der Waals surface area (Å²) in [7, 11) is 1.67. The Morgan fingerprint density at radius 1 is 1.20 bits per heavy atom. The van der Waals surface area contributed by atoms with Crippen LogP contribution in [0.2, 0.25) is 5.02 Å². The standard InChI is InChI=1S/C20H18ClNO2S/c1-24-15-8-6-13(7-9-15)14-10-11-22(12-14)20(23)19-18(21)16-4-2-3-5-17(16)25-19/h2-9,14H,10-12H2,1H3. The summed E-state index contributed by atoms with van der Waals surface area (Å²) in [5.74, 6) is 1.26. The smallest absolute Gasteiger partial charge is 0.265 e. The highest BCUT2D eigenvalue weighted by Crippen LogP contribution is 2.37. The highest BCUT2D eigenvalue weighted by atomic mass is 35.5. The number of hydrogen-bond acceptors (Lipinski definition) is 3. The topological polar surface area (TPSA) is 29.5 Å². The summed E-state index contributed by atoms with van der Waals surface area (Å²) < 4.78 is 6.27. The van der Waals surface area contributed by atoms with Gasteiger partial charge in [0.2, 0.25) is 0 Å². The van der Waals surface area contributed by atoms with E-state index in [1.54, 1.807) is 7.11 Å². The second kappa shape index (κ2) is 6.70. The molecule has 0 bridgehead atoms. The Balaban J connectivity index is 1.54. The fourth-order valence-electron chi connectivity index (χ4n) is 3.39. The van der Waals surface area contributed by atoms with Crippen LogP contribution in [0, 0.1) is 0 Å². The molecule has 0 radical (unpaired) electrons. The molecule has 4 rings (SSSR count). The number of likely N-dealkylation sites (tertiary alicyclic amines) is 1. The molecule has 1 fully saturated rings. The van der Waals surface area contributed by atoms with Crippen LogP contribution in [0.25, 0.3) is 10.1 Å². The fourth-order valence-corrected chi connectivity index (χ4v) is 4.87. The van der Waals surface area contributed by atoms with Crippen LogP contribution in [0.5, 0.6) is 5.75 Å². The van der Waals surface area contributed by atoms with E-state index in [0.29, 0.717) is 15.8 Å². The predicted octanol–water partition coefficient (Wildman–Crippen LogP) is 5.19. The van der Waals surface area contributed by atoms with Gasteiger partial charge in [-0.15, -0.1) is 11.3 Å². The summed E-state index contributed by atoms with van der Waals surface area (Å²) >= 11 is 7.95. The van der Waals surface area contributed by atoms with E-state index >= 15 is 0 Å². The van der Waals surface area contributed by atoms with E-state index < -0.39 is 0 Å². The Morgan fingerprint density at radius 2 is 1.96 bits per heavy atom. The lowest BCUT2D eigenvalue weighted by atomic mass is 9.98. The number of halogens is 1. The SMILES string of the molecule is COc1ccc(C2CCN(C(=O)c3sc4ccccc4c3Cl)C2)cc1. The average molecular weight is 372 g/mol. The van der Waals surface area contributed by atoms with Crippen LogP contribution in [0.1, 0.15) is 27.6 Å². The molecule has 1 aliphatic rings. The Hall–Kier alpha value is -2.04. The van der Waals surface area contributed by atoms with E-state index in [4.69, 9.17) is 16.3 Å². The Morgan fingerprint density at radius 3 is 2.68 bits per heavy atom. The quantitative estimate of drug-likeness (QED) is 0.633. The largest absolute Gasteiger partial charge is 0.497 e. The van der Waals surface area contributed by atoms with Crippen molar-refractivity contribution in [3.05, 3.63) is 64.0 Å². The van der Waals surface area contributed by atoms with Gasteiger partial charge in [-0.3, -0.25) is 4.79 Å². The number of carbonyl (C=O) groups excluding carboxylic acids is 1. The monoisotopic (exact) mass is 371 g/mol. The maximum Gasteiger partial charge on any atom is 0.265 e. The second-order valence-electron chi connectivity index (χ2n) is 6.25. The van der Waals surface area contributed by atoms with Gasteiger partial charge in [0.15, 0.2) is 0 Å². The summed E-state index contributed by atoms with van der Waals surface area (Å²) in [5, 5.41) is 1.54. The molecular weight excluding hydrogens is 354 g/mol. The molecule has 2 aromatic carbocycles. The third-order valence-corrected chi connectivity index (χ3v) is 6.46. The van der Waals surface area contributed by atoms with Gasteiger partial charge in [0.25, 0.3) is 5.91 Å². The number of methoxy groups -OCH3 is 1.